The molecule has 1 aromatic heterocycles. The highest BCUT2D eigenvalue weighted by atomic mass is 35.5. The van der Waals surface area contributed by atoms with Crippen LogP contribution in [-0.4, -0.2) is 18.1 Å². The van der Waals surface area contributed by atoms with Crippen LogP contribution in [0.25, 0.3) is 0 Å². The number of halogens is 6. The molecule has 0 aliphatic rings. The van der Waals surface area contributed by atoms with Crippen LogP contribution < -0.4 is 0 Å². The van der Waals surface area contributed by atoms with Gasteiger partial charge in [0.2, 0.25) is 0 Å². The van der Waals surface area contributed by atoms with Gasteiger partial charge in [-0.3, -0.25) is 0 Å². The second-order valence-corrected chi connectivity index (χ2v) is 4.03. The monoisotopic (exact) mass is 317 g/mol. The van der Waals surface area contributed by atoms with Crippen LogP contribution in [0.2, 0.25) is 5.02 Å². The second kappa shape index (κ2) is 5.90. The summed E-state index contributed by atoms with van der Waals surface area (Å²) < 4.78 is 68.3. The van der Waals surface area contributed by atoms with E-state index in [0.717, 1.165) is 7.11 Å². The van der Waals surface area contributed by atoms with E-state index < -0.39 is 40.5 Å². The summed E-state index contributed by atoms with van der Waals surface area (Å²) in [7, 11) is 0.872. The number of hydrogen-bond acceptors (Lipinski definition) is 3. The van der Waals surface area contributed by atoms with Crippen LogP contribution in [0.3, 0.4) is 0 Å². The SMILES string of the molecule is CCc1c(Cl)c(C(F)F)nc(C(F)(F)F)c1C(=O)OC. The Hall–Kier alpha value is -1.44. The van der Waals surface area contributed by atoms with Crippen molar-refractivity contribution < 1.29 is 31.5 Å². The summed E-state index contributed by atoms with van der Waals surface area (Å²) in [6.45, 7) is 1.38. The highest BCUT2D eigenvalue weighted by molar-refractivity contribution is 6.32. The Morgan fingerprint density at radius 2 is 1.95 bits per heavy atom. The number of rotatable bonds is 3. The maximum atomic E-state index is 12.9. The van der Waals surface area contributed by atoms with Crippen molar-refractivity contribution in [2.75, 3.05) is 7.11 Å². The highest BCUT2D eigenvalue weighted by Gasteiger charge is 2.41. The summed E-state index contributed by atoms with van der Waals surface area (Å²) in [6.07, 6.45) is -8.53. The summed E-state index contributed by atoms with van der Waals surface area (Å²) >= 11 is 5.61. The Kier molecular flexibility index (Phi) is 4.90. The van der Waals surface area contributed by atoms with E-state index in [2.05, 4.69) is 9.72 Å². The summed E-state index contributed by atoms with van der Waals surface area (Å²) in [5, 5.41) is -0.657. The maximum absolute atomic E-state index is 12.9. The van der Waals surface area contributed by atoms with Gasteiger partial charge in [-0.05, 0) is 12.0 Å². The van der Waals surface area contributed by atoms with E-state index in [9.17, 15) is 26.7 Å². The molecule has 1 heterocycles. The van der Waals surface area contributed by atoms with Crippen LogP contribution in [0.15, 0.2) is 0 Å². The molecule has 0 amide bonds. The van der Waals surface area contributed by atoms with Crippen LogP contribution >= 0.6 is 11.6 Å². The third kappa shape index (κ3) is 3.00. The lowest BCUT2D eigenvalue weighted by molar-refractivity contribution is -0.142. The molecule has 0 saturated heterocycles. The third-order valence-electron chi connectivity index (χ3n) is 2.48. The van der Waals surface area contributed by atoms with Crippen molar-refractivity contribution in [1.29, 1.82) is 0 Å². The predicted octanol–water partition coefficient (Wildman–Crippen LogP) is 4.04. The number of ether oxygens (including phenoxy) is 1. The average Bonchev–Trinajstić information content (AvgIpc) is 2.35. The quantitative estimate of drug-likeness (QED) is 0.624. The van der Waals surface area contributed by atoms with Gasteiger partial charge < -0.3 is 4.74 Å². The number of esters is 1. The van der Waals surface area contributed by atoms with E-state index in [4.69, 9.17) is 11.6 Å². The molecule has 0 aliphatic carbocycles. The minimum absolute atomic E-state index is 0.158. The number of nitrogens with zero attached hydrogens (tertiary/aromatic N) is 1. The van der Waals surface area contributed by atoms with E-state index in [1.54, 1.807) is 0 Å². The molecule has 0 bridgehead atoms. The van der Waals surface area contributed by atoms with Crippen molar-refractivity contribution in [3.8, 4) is 0 Å². The molecule has 0 atom stereocenters. The first kappa shape index (κ1) is 16.6. The van der Waals surface area contributed by atoms with E-state index >= 15 is 0 Å². The van der Waals surface area contributed by atoms with Gasteiger partial charge in [-0.1, -0.05) is 18.5 Å². The number of pyridine rings is 1. The Bertz CT molecular complexity index is 531. The summed E-state index contributed by atoms with van der Waals surface area (Å²) in [5.41, 5.74) is -4.22. The Balaban J connectivity index is 3.79. The van der Waals surface area contributed by atoms with Crippen molar-refractivity contribution in [2.45, 2.75) is 25.9 Å². The first-order valence-electron chi connectivity index (χ1n) is 5.31. The maximum Gasteiger partial charge on any atom is 0.434 e. The molecule has 0 aliphatic heterocycles. The van der Waals surface area contributed by atoms with E-state index in [0.29, 0.717) is 0 Å². The van der Waals surface area contributed by atoms with Crippen molar-refractivity contribution in [3.05, 3.63) is 27.5 Å². The highest BCUT2D eigenvalue weighted by Crippen LogP contribution is 2.38. The molecule has 0 N–H and O–H groups in total. The van der Waals surface area contributed by atoms with E-state index in [1.807, 2.05) is 0 Å². The average molecular weight is 318 g/mol. The molecule has 1 aromatic rings. The van der Waals surface area contributed by atoms with Gasteiger partial charge in [0.1, 0.15) is 5.69 Å². The van der Waals surface area contributed by atoms with Crippen LogP contribution in [-0.2, 0) is 17.3 Å². The smallest absolute Gasteiger partial charge is 0.434 e. The Morgan fingerprint density at radius 1 is 1.40 bits per heavy atom. The number of hydrogen-bond donors (Lipinski definition) is 0. The van der Waals surface area contributed by atoms with Gasteiger partial charge in [0, 0.05) is 0 Å². The fourth-order valence-corrected chi connectivity index (χ4v) is 1.99. The van der Waals surface area contributed by atoms with Gasteiger partial charge >= 0.3 is 12.1 Å². The lowest BCUT2D eigenvalue weighted by Crippen LogP contribution is -2.21. The third-order valence-corrected chi connectivity index (χ3v) is 2.90. The van der Waals surface area contributed by atoms with Gasteiger partial charge in [-0.25, -0.2) is 18.6 Å². The van der Waals surface area contributed by atoms with Gasteiger partial charge in [-0.2, -0.15) is 13.2 Å². The largest absolute Gasteiger partial charge is 0.465 e. The molecular formula is C11H9ClF5NO2. The Labute approximate surface area is 115 Å². The molecule has 3 nitrogen and oxygen atoms in total. The lowest BCUT2D eigenvalue weighted by atomic mass is 10.0. The predicted molar refractivity (Wildman–Crippen MR) is 59.9 cm³/mol. The number of alkyl halides is 5. The first-order chi connectivity index (χ1) is 9.15. The fourth-order valence-electron chi connectivity index (χ4n) is 1.64. The first-order valence-corrected chi connectivity index (χ1v) is 5.68. The molecule has 0 unspecified atom stereocenters. The zero-order valence-electron chi connectivity index (χ0n) is 10.3. The molecular weight excluding hydrogens is 309 g/mol. The standard InChI is InChI=1S/C11H9ClF5NO2/c1-3-4-5(10(19)20-2)8(11(15,16)17)18-7(6(4)12)9(13)14/h9H,3H2,1-2H3. The summed E-state index contributed by atoms with van der Waals surface area (Å²) in [5.74, 6) is -1.33. The van der Waals surface area contributed by atoms with E-state index in [-0.39, 0.29) is 12.0 Å². The van der Waals surface area contributed by atoms with Gasteiger partial charge in [0.05, 0.1) is 17.7 Å². The topological polar surface area (TPSA) is 39.2 Å². The van der Waals surface area contributed by atoms with Gasteiger partial charge in [0.15, 0.2) is 5.69 Å². The lowest BCUT2D eigenvalue weighted by Gasteiger charge is -2.17. The molecule has 0 saturated carbocycles. The molecule has 0 radical (unpaired) electrons. The zero-order valence-corrected chi connectivity index (χ0v) is 11.1. The molecule has 112 valence electrons. The van der Waals surface area contributed by atoms with Crippen molar-refractivity contribution in [2.24, 2.45) is 0 Å². The second-order valence-electron chi connectivity index (χ2n) is 3.66. The number of aromatic nitrogens is 1. The van der Waals surface area contributed by atoms with Crippen molar-refractivity contribution >= 4 is 17.6 Å². The summed E-state index contributed by atoms with van der Waals surface area (Å²) in [4.78, 5) is 14.3. The minimum Gasteiger partial charge on any atom is -0.465 e. The molecule has 9 heteroatoms. The van der Waals surface area contributed by atoms with Gasteiger partial charge in [-0.15, -0.1) is 0 Å². The van der Waals surface area contributed by atoms with E-state index in [1.165, 1.54) is 6.92 Å². The number of methoxy groups -OCH3 is 1. The molecule has 20 heavy (non-hydrogen) atoms. The molecule has 1 rings (SSSR count). The molecule has 0 spiro atoms. The number of carbonyl (C=O) groups excluding carboxylic acids is 1. The van der Waals surface area contributed by atoms with Gasteiger partial charge in [0.25, 0.3) is 6.43 Å². The Morgan fingerprint density at radius 3 is 2.30 bits per heavy atom. The van der Waals surface area contributed by atoms with Crippen LogP contribution in [0.5, 0.6) is 0 Å². The summed E-state index contributed by atoms with van der Waals surface area (Å²) in [6, 6.07) is 0. The molecule has 0 fully saturated rings. The van der Waals surface area contributed by atoms with Crippen molar-refractivity contribution in [1.82, 2.24) is 4.98 Å². The number of carbonyl (C=O) groups is 1. The molecule has 0 aromatic carbocycles. The fraction of sp³-hybridized carbons (Fsp3) is 0.455. The zero-order chi connectivity index (χ0) is 15.7. The minimum atomic E-state index is -5.08. The van der Waals surface area contributed by atoms with Crippen LogP contribution in [0.1, 0.15) is 40.7 Å². The normalized spacial score (nSPS) is 11.8. The van der Waals surface area contributed by atoms with Crippen molar-refractivity contribution in [3.63, 3.8) is 0 Å². The van der Waals surface area contributed by atoms with Crippen LogP contribution in [0, 0.1) is 0 Å². The van der Waals surface area contributed by atoms with Crippen LogP contribution in [0.4, 0.5) is 22.0 Å².